The number of hydrogen-bond donors (Lipinski definition) is 2. The van der Waals surface area contributed by atoms with E-state index in [1.165, 1.54) is 42.4 Å². The molecule has 3 unspecified atom stereocenters. The molecule has 0 amide bonds. The summed E-state index contributed by atoms with van der Waals surface area (Å²) in [4.78, 5) is 0. The first-order chi connectivity index (χ1) is 14.9. The number of hydrogen-bond acceptors (Lipinski definition) is 3. The second-order valence-corrected chi connectivity index (χ2v) is 10.2. The van der Waals surface area contributed by atoms with Gasteiger partial charge in [-0.1, -0.05) is 23.8 Å². The Morgan fingerprint density at radius 1 is 0.968 bits per heavy atom. The van der Waals surface area contributed by atoms with Gasteiger partial charge >= 0.3 is 0 Å². The fraction of sp³-hybridized carbons (Fsp3) is 0.571. The highest BCUT2D eigenvalue weighted by atomic mass is 16.5. The normalized spacial score (nSPS) is 26.4. The maximum Gasteiger partial charge on any atom is 0.127 e. The van der Waals surface area contributed by atoms with Gasteiger partial charge in [-0.05, 0) is 112 Å². The van der Waals surface area contributed by atoms with Gasteiger partial charge in [-0.25, -0.2) is 0 Å². The number of anilines is 1. The molecule has 0 saturated heterocycles. The highest BCUT2D eigenvalue weighted by Gasteiger charge is 2.44. The number of aryl methyl sites for hydroxylation is 4. The standard InChI is InChI=1S/C28H39NO2/c1-17-12-19(3)25(20(4)13-17)14-23-15-26(23)21-7-9-22(10-8-21)28(30)29-24-11-6-18(2)27(16-24)31-5/h6,11-13,16,21-23,26,28-30H,7-10,14-15H2,1-5H3. The van der Waals surface area contributed by atoms with Gasteiger partial charge in [-0.15, -0.1) is 0 Å². The van der Waals surface area contributed by atoms with Crippen molar-refractivity contribution in [2.45, 2.75) is 72.4 Å². The Balaban J connectivity index is 1.27. The van der Waals surface area contributed by atoms with Gasteiger partial charge in [0.05, 0.1) is 7.11 Å². The summed E-state index contributed by atoms with van der Waals surface area (Å²) < 4.78 is 5.41. The molecule has 0 radical (unpaired) electrons. The first-order valence-corrected chi connectivity index (χ1v) is 12.0. The zero-order valence-corrected chi connectivity index (χ0v) is 19.9. The van der Waals surface area contributed by atoms with Crippen LogP contribution in [-0.4, -0.2) is 18.4 Å². The Hall–Kier alpha value is -2.00. The summed E-state index contributed by atoms with van der Waals surface area (Å²) in [7, 11) is 1.69. The minimum atomic E-state index is -0.485. The third kappa shape index (κ3) is 5.09. The number of benzene rings is 2. The average Bonchev–Trinajstić information content (AvgIpc) is 3.51. The highest BCUT2D eigenvalue weighted by Crippen LogP contribution is 2.52. The van der Waals surface area contributed by atoms with Gasteiger partial charge in [-0.2, -0.15) is 0 Å². The van der Waals surface area contributed by atoms with Crippen LogP contribution in [-0.2, 0) is 6.42 Å². The van der Waals surface area contributed by atoms with E-state index in [0.29, 0.717) is 5.92 Å². The molecule has 0 aliphatic heterocycles. The summed E-state index contributed by atoms with van der Waals surface area (Å²) in [6.07, 6.45) is 6.91. The molecule has 2 aromatic carbocycles. The molecule has 3 atom stereocenters. The molecule has 2 saturated carbocycles. The summed E-state index contributed by atoms with van der Waals surface area (Å²) >= 11 is 0. The van der Waals surface area contributed by atoms with Crippen LogP contribution in [0.25, 0.3) is 0 Å². The van der Waals surface area contributed by atoms with Crippen LogP contribution in [0.3, 0.4) is 0 Å². The Bertz CT molecular complexity index is 890. The summed E-state index contributed by atoms with van der Waals surface area (Å²) in [5, 5.41) is 14.1. The van der Waals surface area contributed by atoms with Gasteiger partial charge in [0.2, 0.25) is 0 Å². The lowest BCUT2D eigenvalue weighted by Crippen LogP contribution is -2.32. The minimum absolute atomic E-state index is 0.335. The molecule has 2 N–H and O–H groups in total. The summed E-state index contributed by atoms with van der Waals surface area (Å²) in [5.41, 5.74) is 7.93. The fourth-order valence-corrected chi connectivity index (χ4v) is 5.96. The van der Waals surface area contributed by atoms with E-state index in [0.717, 1.165) is 47.6 Å². The predicted octanol–water partition coefficient (Wildman–Crippen LogP) is 6.34. The molecule has 2 aliphatic carbocycles. The zero-order valence-electron chi connectivity index (χ0n) is 19.9. The number of aliphatic hydroxyl groups excluding tert-OH is 1. The maximum atomic E-state index is 10.8. The van der Waals surface area contributed by atoms with Crippen LogP contribution in [0.4, 0.5) is 5.69 Å². The van der Waals surface area contributed by atoms with E-state index in [2.05, 4.69) is 38.2 Å². The van der Waals surface area contributed by atoms with Crippen molar-refractivity contribution < 1.29 is 9.84 Å². The Kier molecular flexibility index (Phi) is 6.62. The Morgan fingerprint density at radius 3 is 2.29 bits per heavy atom. The lowest BCUT2D eigenvalue weighted by Gasteiger charge is -2.32. The molecule has 4 rings (SSSR count). The van der Waals surface area contributed by atoms with E-state index in [1.54, 1.807) is 12.7 Å². The third-order valence-electron chi connectivity index (χ3n) is 7.88. The van der Waals surface area contributed by atoms with E-state index in [1.807, 2.05) is 25.1 Å². The van der Waals surface area contributed by atoms with Crippen LogP contribution >= 0.6 is 0 Å². The molecule has 168 valence electrons. The number of rotatable bonds is 7. The third-order valence-corrected chi connectivity index (χ3v) is 7.88. The van der Waals surface area contributed by atoms with E-state index < -0.39 is 6.23 Å². The van der Waals surface area contributed by atoms with Crippen LogP contribution < -0.4 is 10.1 Å². The molecule has 2 fully saturated rings. The number of aliphatic hydroxyl groups is 1. The van der Waals surface area contributed by atoms with Crippen molar-refractivity contribution in [3.8, 4) is 5.75 Å². The summed E-state index contributed by atoms with van der Waals surface area (Å²) in [6.45, 7) is 8.78. The monoisotopic (exact) mass is 421 g/mol. The number of nitrogens with one attached hydrogen (secondary N) is 1. The van der Waals surface area contributed by atoms with E-state index in [9.17, 15) is 5.11 Å². The van der Waals surface area contributed by atoms with E-state index >= 15 is 0 Å². The van der Waals surface area contributed by atoms with Crippen molar-refractivity contribution in [1.29, 1.82) is 0 Å². The molecule has 31 heavy (non-hydrogen) atoms. The lowest BCUT2D eigenvalue weighted by molar-refractivity contribution is 0.0909. The quantitative estimate of drug-likeness (QED) is 0.512. The number of ether oxygens (including phenoxy) is 1. The fourth-order valence-electron chi connectivity index (χ4n) is 5.96. The van der Waals surface area contributed by atoms with Crippen molar-refractivity contribution >= 4 is 5.69 Å². The molecule has 2 aliphatic rings. The van der Waals surface area contributed by atoms with Crippen LogP contribution in [0.15, 0.2) is 30.3 Å². The van der Waals surface area contributed by atoms with Crippen molar-refractivity contribution in [2.24, 2.45) is 23.7 Å². The van der Waals surface area contributed by atoms with Crippen molar-refractivity contribution in [2.75, 3.05) is 12.4 Å². The lowest BCUT2D eigenvalue weighted by atomic mass is 9.78. The van der Waals surface area contributed by atoms with E-state index in [4.69, 9.17) is 4.74 Å². The molecular weight excluding hydrogens is 382 g/mol. The number of methoxy groups -OCH3 is 1. The largest absolute Gasteiger partial charge is 0.496 e. The van der Waals surface area contributed by atoms with Crippen molar-refractivity contribution in [3.05, 3.63) is 58.1 Å². The van der Waals surface area contributed by atoms with Crippen LogP contribution in [0.1, 0.15) is 59.9 Å². The molecule has 0 bridgehead atoms. The van der Waals surface area contributed by atoms with Gasteiger partial charge in [-0.3, -0.25) is 0 Å². The second kappa shape index (κ2) is 9.24. The maximum absolute atomic E-state index is 10.8. The summed E-state index contributed by atoms with van der Waals surface area (Å²) in [5.74, 6) is 3.80. The van der Waals surface area contributed by atoms with Crippen molar-refractivity contribution in [1.82, 2.24) is 0 Å². The first-order valence-electron chi connectivity index (χ1n) is 12.0. The van der Waals surface area contributed by atoms with Gasteiger partial charge in [0, 0.05) is 17.7 Å². The molecular formula is C28H39NO2. The highest BCUT2D eigenvalue weighted by molar-refractivity contribution is 5.51. The molecule has 2 aromatic rings. The SMILES string of the molecule is COc1cc(NC(O)C2CCC(C3CC3Cc3c(C)cc(C)cc3C)CC2)ccc1C. The van der Waals surface area contributed by atoms with Gasteiger partial charge in [0.25, 0.3) is 0 Å². The first kappa shape index (κ1) is 22.2. The van der Waals surface area contributed by atoms with Gasteiger partial charge in [0.15, 0.2) is 0 Å². The van der Waals surface area contributed by atoms with E-state index in [-0.39, 0.29) is 0 Å². The molecule has 0 heterocycles. The smallest absolute Gasteiger partial charge is 0.127 e. The topological polar surface area (TPSA) is 41.5 Å². The molecule has 3 nitrogen and oxygen atoms in total. The van der Waals surface area contributed by atoms with Crippen molar-refractivity contribution in [3.63, 3.8) is 0 Å². The van der Waals surface area contributed by atoms with Crippen LogP contribution in [0, 0.1) is 51.4 Å². The predicted molar refractivity (Wildman–Crippen MR) is 129 cm³/mol. The minimum Gasteiger partial charge on any atom is -0.496 e. The zero-order chi connectivity index (χ0) is 22.1. The summed E-state index contributed by atoms with van der Waals surface area (Å²) in [6, 6.07) is 10.7. The molecule has 3 heteroatoms. The molecule has 0 aromatic heterocycles. The Labute approximate surface area is 188 Å². The molecule has 0 spiro atoms. The Morgan fingerprint density at radius 2 is 1.65 bits per heavy atom. The van der Waals surface area contributed by atoms with Crippen LogP contribution in [0.5, 0.6) is 5.75 Å². The van der Waals surface area contributed by atoms with Gasteiger partial charge < -0.3 is 15.2 Å². The second-order valence-electron chi connectivity index (χ2n) is 10.2. The van der Waals surface area contributed by atoms with Gasteiger partial charge in [0.1, 0.15) is 12.0 Å². The average molecular weight is 422 g/mol. The van der Waals surface area contributed by atoms with Crippen LogP contribution in [0.2, 0.25) is 0 Å².